The molecule has 3 amide bonds. The second kappa shape index (κ2) is 8.41. The monoisotopic (exact) mass is 299 g/mol. The summed E-state index contributed by atoms with van der Waals surface area (Å²) in [7, 11) is 3.80. The number of nitrogens with zero attached hydrogens (tertiary/aromatic N) is 2. The molecule has 0 fully saturated rings. The molecule has 120 valence electrons. The average molecular weight is 299 g/mol. The van der Waals surface area contributed by atoms with Crippen LogP contribution in [0.1, 0.15) is 27.7 Å². The van der Waals surface area contributed by atoms with Crippen molar-refractivity contribution in [3.63, 3.8) is 0 Å². The lowest BCUT2D eigenvalue weighted by molar-refractivity contribution is -0.133. The van der Waals surface area contributed by atoms with Gasteiger partial charge in [0.25, 0.3) is 5.91 Å². The van der Waals surface area contributed by atoms with Crippen LogP contribution in [-0.2, 0) is 9.59 Å². The van der Waals surface area contributed by atoms with Crippen molar-refractivity contribution in [3.05, 3.63) is 11.1 Å². The third-order valence-corrected chi connectivity index (χ3v) is 3.21. The number of carbonyl (C=O) groups excluding carboxylic acids is 2. The second-order valence-corrected chi connectivity index (χ2v) is 5.21. The van der Waals surface area contributed by atoms with Crippen molar-refractivity contribution in [1.29, 1.82) is 0 Å². The van der Waals surface area contributed by atoms with Gasteiger partial charge in [-0.1, -0.05) is 0 Å². The minimum absolute atomic E-state index is 0.0205. The second-order valence-electron chi connectivity index (χ2n) is 5.21. The van der Waals surface area contributed by atoms with E-state index < -0.39 is 17.9 Å². The van der Waals surface area contributed by atoms with Crippen molar-refractivity contribution in [3.8, 4) is 0 Å². The number of rotatable bonds is 6. The fourth-order valence-corrected chi connectivity index (χ4v) is 1.88. The molecule has 0 radical (unpaired) electrons. The first-order valence-corrected chi connectivity index (χ1v) is 6.79. The van der Waals surface area contributed by atoms with Gasteiger partial charge in [-0.15, -0.1) is 0 Å². The lowest BCUT2D eigenvalue weighted by Gasteiger charge is -2.29. The topological polar surface area (TPSA) is 90.0 Å². The Hall–Kier alpha value is -1.89. The summed E-state index contributed by atoms with van der Waals surface area (Å²) in [4.78, 5) is 38.3. The Morgan fingerprint density at radius 3 is 2.05 bits per heavy atom. The maximum absolute atomic E-state index is 12.1. The van der Waals surface area contributed by atoms with E-state index in [4.69, 9.17) is 5.11 Å². The summed E-state index contributed by atoms with van der Waals surface area (Å²) in [6, 6.07) is -0.586. The molecule has 7 nitrogen and oxygen atoms in total. The molecule has 0 rings (SSSR count). The predicted molar refractivity (Wildman–Crippen MR) is 79.9 cm³/mol. The van der Waals surface area contributed by atoms with Crippen LogP contribution in [0.15, 0.2) is 11.1 Å². The molecule has 0 aromatic rings. The third-order valence-electron chi connectivity index (χ3n) is 3.21. The molecule has 21 heavy (non-hydrogen) atoms. The molecule has 0 saturated heterocycles. The summed E-state index contributed by atoms with van der Waals surface area (Å²) in [5, 5.41) is 11.1. The molecule has 1 atom stereocenters. The number of aliphatic carboxylic acids is 1. The summed E-state index contributed by atoms with van der Waals surface area (Å²) < 4.78 is 0. The Kier molecular flexibility index (Phi) is 7.65. The highest BCUT2D eigenvalue weighted by Crippen LogP contribution is 2.05. The van der Waals surface area contributed by atoms with E-state index in [1.54, 1.807) is 0 Å². The number of carbonyl (C=O) groups is 3. The fourth-order valence-electron chi connectivity index (χ4n) is 1.88. The maximum atomic E-state index is 12.1. The first kappa shape index (κ1) is 19.1. The van der Waals surface area contributed by atoms with Crippen LogP contribution in [0.2, 0.25) is 0 Å². The van der Waals surface area contributed by atoms with Crippen LogP contribution in [0.25, 0.3) is 0 Å². The molecule has 0 aliphatic rings. The molecular weight excluding hydrogens is 274 g/mol. The van der Waals surface area contributed by atoms with E-state index in [1.165, 1.54) is 18.7 Å². The van der Waals surface area contributed by atoms with Crippen LogP contribution in [-0.4, -0.2) is 66.0 Å². The molecule has 0 aliphatic heterocycles. The number of carboxylic acid groups (broad SMARTS) is 1. The summed E-state index contributed by atoms with van der Waals surface area (Å²) in [6.45, 7) is 7.53. The van der Waals surface area contributed by atoms with Gasteiger partial charge in [-0.25, -0.2) is 9.59 Å². The number of nitrogens with one attached hydrogen (secondary N) is 1. The average Bonchev–Trinajstić information content (AvgIpc) is 2.36. The van der Waals surface area contributed by atoms with Crippen molar-refractivity contribution in [2.45, 2.75) is 33.7 Å². The van der Waals surface area contributed by atoms with E-state index in [9.17, 15) is 14.4 Å². The van der Waals surface area contributed by atoms with E-state index in [-0.39, 0.29) is 17.2 Å². The van der Waals surface area contributed by atoms with Gasteiger partial charge in [0.05, 0.1) is 0 Å². The summed E-state index contributed by atoms with van der Waals surface area (Å²) in [5.74, 6) is -1.86. The summed E-state index contributed by atoms with van der Waals surface area (Å²) in [6.07, 6.45) is 0. The van der Waals surface area contributed by atoms with Crippen LogP contribution in [0.3, 0.4) is 0 Å². The predicted octanol–water partition coefficient (Wildman–Crippen LogP) is 0.916. The molecule has 0 saturated carbocycles. The van der Waals surface area contributed by atoms with Gasteiger partial charge in [-0.05, 0) is 41.8 Å². The van der Waals surface area contributed by atoms with Gasteiger partial charge in [0.15, 0.2) is 0 Å². The largest absolute Gasteiger partial charge is 0.478 e. The molecule has 7 heteroatoms. The zero-order valence-electron chi connectivity index (χ0n) is 13.6. The molecule has 0 spiro atoms. The minimum Gasteiger partial charge on any atom is -0.478 e. The van der Waals surface area contributed by atoms with E-state index in [0.717, 1.165) is 0 Å². The van der Waals surface area contributed by atoms with E-state index in [1.807, 2.05) is 32.8 Å². The third kappa shape index (κ3) is 5.95. The zero-order chi connectivity index (χ0) is 16.7. The van der Waals surface area contributed by atoms with Crippen molar-refractivity contribution in [2.75, 3.05) is 27.2 Å². The Bertz CT molecular complexity index is 444. The van der Waals surface area contributed by atoms with Crippen LogP contribution >= 0.6 is 0 Å². The van der Waals surface area contributed by atoms with Crippen molar-refractivity contribution < 1.29 is 19.5 Å². The van der Waals surface area contributed by atoms with E-state index >= 15 is 0 Å². The standard InChI is InChI=1S/C14H25N3O4/c1-7-17(9(2)8-16(5)6)14(21)15-12(18)10(3)11(4)13(19)20/h9H,7-8H2,1-6H3,(H,19,20)(H,15,18,21). The van der Waals surface area contributed by atoms with E-state index in [2.05, 4.69) is 5.32 Å². The highest BCUT2D eigenvalue weighted by molar-refractivity contribution is 6.07. The number of imide groups is 1. The Balaban J connectivity index is 4.90. The molecule has 0 aromatic carbocycles. The SMILES string of the molecule is CCN(C(=O)NC(=O)C(C)=C(C)C(=O)O)C(C)CN(C)C. The number of hydrogen-bond donors (Lipinski definition) is 2. The van der Waals surface area contributed by atoms with Gasteiger partial charge in [-0.3, -0.25) is 10.1 Å². The van der Waals surface area contributed by atoms with Gasteiger partial charge in [0.2, 0.25) is 0 Å². The zero-order valence-corrected chi connectivity index (χ0v) is 13.6. The number of carboxylic acids is 1. The van der Waals surface area contributed by atoms with Crippen molar-refractivity contribution >= 4 is 17.9 Å². The van der Waals surface area contributed by atoms with Crippen LogP contribution in [0, 0.1) is 0 Å². The minimum atomic E-state index is -1.18. The van der Waals surface area contributed by atoms with Gasteiger partial charge in [-0.2, -0.15) is 0 Å². The smallest absolute Gasteiger partial charge is 0.331 e. The highest BCUT2D eigenvalue weighted by atomic mass is 16.4. The van der Waals surface area contributed by atoms with Gasteiger partial charge >= 0.3 is 12.0 Å². The number of amides is 3. The summed E-state index contributed by atoms with van der Waals surface area (Å²) >= 11 is 0. The van der Waals surface area contributed by atoms with Gasteiger partial charge < -0.3 is 14.9 Å². The fraction of sp³-hybridized carbons (Fsp3) is 0.643. The summed E-state index contributed by atoms with van der Waals surface area (Å²) in [5.41, 5.74) is -0.0585. The molecule has 1 unspecified atom stereocenters. The Labute approximate surface area is 125 Å². The number of hydrogen-bond acceptors (Lipinski definition) is 4. The number of likely N-dealkylation sites (N-methyl/N-ethyl adjacent to an activating group) is 2. The normalized spacial score (nSPS) is 13.5. The lowest BCUT2D eigenvalue weighted by Crippen LogP contribution is -2.50. The van der Waals surface area contributed by atoms with Crippen molar-refractivity contribution in [2.24, 2.45) is 0 Å². The van der Waals surface area contributed by atoms with Crippen LogP contribution in [0.4, 0.5) is 4.79 Å². The van der Waals surface area contributed by atoms with E-state index in [0.29, 0.717) is 13.1 Å². The highest BCUT2D eigenvalue weighted by Gasteiger charge is 2.22. The number of urea groups is 1. The molecule has 0 aromatic heterocycles. The lowest BCUT2D eigenvalue weighted by atomic mass is 10.1. The quantitative estimate of drug-likeness (QED) is 0.712. The molecule has 2 N–H and O–H groups in total. The van der Waals surface area contributed by atoms with Crippen LogP contribution < -0.4 is 5.32 Å². The molecule has 0 heterocycles. The molecule has 0 aliphatic carbocycles. The Morgan fingerprint density at radius 1 is 1.14 bits per heavy atom. The van der Waals surface area contributed by atoms with Gasteiger partial charge in [0.1, 0.15) is 0 Å². The Morgan fingerprint density at radius 2 is 1.67 bits per heavy atom. The first-order valence-electron chi connectivity index (χ1n) is 6.79. The van der Waals surface area contributed by atoms with Gasteiger partial charge in [0, 0.05) is 30.3 Å². The van der Waals surface area contributed by atoms with Crippen LogP contribution in [0.5, 0.6) is 0 Å². The maximum Gasteiger partial charge on any atom is 0.331 e. The molecular formula is C14H25N3O4. The molecule has 0 bridgehead atoms. The first-order chi connectivity index (χ1) is 9.61. The van der Waals surface area contributed by atoms with Crippen molar-refractivity contribution in [1.82, 2.24) is 15.1 Å².